The third-order valence-corrected chi connectivity index (χ3v) is 4.30. The summed E-state index contributed by atoms with van der Waals surface area (Å²) in [6.07, 6.45) is 1.83. The quantitative estimate of drug-likeness (QED) is 0.481. The van der Waals surface area contributed by atoms with E-state index < -0.39 is 0 Å². The minimum Gasteiger partial charge on any atom is -0.380 e. The molecule has 0 atom stereocenters. The lowest BCUT2D eigenvalue weighted by molar-refractivity contribution is -0.114. The number of hydrogen-bond acceptors (Lipinski definition) is 3. The van der Waals surface area contributed by atoms with Crippen LogP contribution >= 0.6 is 0 Å². The summed E-state index contributed by atoms with van der Waals surface area (Å²) in [5.74, 6) is -0.0837. The van der Waals surface area contributed by atoms with Gasteiger partial charge in [-0.25, -0.2) is 4.98 Å². The molecule has 0 saturated carbocycles. The van der Waals surface area contributed by atoms with E-state index in [-0.39, 0.29) is 5.91 Å². The fourth-order valence-corrected chi connectivity index (χ4v) is 3.04. The van der Waals surface area contributed by atoms with E-state index in [9.17, 15) is 4.79 Å². The van der Waals surface area contributed by atoms with Crippen molar-refractivity contribution in [1.82, 2.24) is 9.97 Å². The molecule has 1 amide bonds. The maximum absolute atomic E-state index is 11.3. The van der Waals surface area contributed by atoms with Crippen molar-refractivity contribution >= 4 is 28.3 Å². The van der Waals surface area contributed by atoms with Crippen molar-refractivity contribution in [3.8, 4) is 11.3 Å². The average Bonchev–Trinajstić information content (AvgIpc) is 3.10. The minimum absolute atomic E-state index is 0.0837. The molecule has 0 aliphatic heterocycles. The Morgan fingerprint density at radius 1 is 1.00 bits per heavy atom. The second kappa shape index (κ2) is 7.33. The first-order valence-electron chi connectivity index (χ1n) is 8.82. The largest absolute Gasteiger partial charge is 0.380 e. The number of anilines is 2. The van der Waals surface area contributed by atoms with Gasteiger partial charge in [0, 0.05) is 35.8 Å². The van der Waals surface area contributed by atoms with Crippen LogP contribution in [0.25, 0.3) is 22.3 Å². The van der Waals surface area contributed by atoms with Crippen LogP contribution in [0.4, 0.5) is 11.4 Å². The van der Waals surface area contributed by atoms with Crippen LogP contribution in [0.3, 0.4) is 0 Å². The summed E-state index contributed by atoms with van der Waals surface area (Å²) >= 11 is 0. The number of nitrogens with one attached hydrogen (secondary N) is 3. The van der Waals surface area contributed by atoms with Gasteiger partial charge in [0.05, 0.1) is 11.9 Å². The van der Waals surface area contributed by atoms with Crippen LogP contribution in [0.5, 0.6) is 0 Å². The topological polar surface area (TPSA) is 69.8 Å². The summed E-state index contributed by atoms with van der Waals surface area (Å²) in [6.45, 7) is 2.26. The standard InChI is InChI=1S/C22H20N4O/c1-15(27)25-19-9-5-8-17(10-19)21-12-18-11-20(14-24-22(18)26-21)23-13-16-6-3-2-4-7-16/h2-12,14,23H,13H2,1H3,(H,24,26)(H,25,27). The number of H-pyrrole nitrogens is 1. The summed E-state index contributed by atoms with van der Waals surface area (Å²) in [4.78, 5) is 19.1. The number of rotatable bonds is 5. The fourth-order valence-electron chi connectivity index (χ4n) is 3.04. The van der Waals surface area contributed by atoms with Gasteiger partial charge in [0.1, 0.15) is 5.65 Å². The maximum Gasteiger partial charge on any atom is 0.221 e. The van der Waals surface area contributed by atoms with Crippen LogP contribution in [-0.4, -0.2) is 15.9 Å². The Morgan fingerprint density at radius 2 is 1.85 bits per heavy atom. The van der Waals surface area contributed by atoms with Gasteiger partial charge in [0.15, 0.2) is 0 Å². The Kier molecular flexibility index (Phi) is 4.58. The van der Waals surface area contributed by atoms with Gasteiger partial charge in [0.2, 0.25) is 5.91 Å². The monoisotopic (exact) mass is 356 g/mol. The molecule has 27 heavy (non-hydrogen) atoms. The Labute approximate surface area is 157 Å². The van der Waals surface area contributed by atoms with Crippen molar-refractivity contribution in [2.75, 3.05) is 10.6 Å². The van der Waals surface area contributed by atoms with E-state index in [0.29, 0.717) is 0 Å². The normalized spacial score (nSPS) is 10.7. The number of benzene rings is 2. The van der Waals surface area contributed by atoms with E-state index in [0.717, 1.165) is 40.2 Å². The molecule has 4 rings (SSSR count). The van der Waals surface area contributed by atoms with Crippen LogP contribution in [0.2, 0.25) is 0 Å². The number of amides is 1. The highest BCUT2D eigenvalue weighted by atomic mass is 16.1. The first-order valence-corrected chi connectivity index (χ1v) is 8.82. The highest BCUT2D eigenvalue weighted by molar-refractivity contribution is 5.90. The van der Waals surface area contributed by atoms with E-state index in [2.05, 4.69) is 44.9 Å². The predicted octanol–water partition coefficient (Wildman–Crippen LogP) is 4.80. The molecule has 2 heterocycles. The van der Waals surface area contributed by atoms with E-state index in [1.807, 2.05) is 48.7 Å². The highest BCUT2D eigenvalue weighted by Crippen LogP contribution is 2.26. The first-order chi connectivity index (χ1) is 13.2. The number of carbonyl (C=O) groups excluding carboxylic acids is 1. The van der Waals surface area contributed by atoms with Crippen molar-refractivity contribution in [3.63, 3.8) is 0 Å². The molecule has 0 unspecified atom stereocenters. The molecule has 0 aliphatic rings. The van der Waals surface area contributed by atoms with Crippen LogP contribution in [-0.2, 0) is 11.3 Å². The van der Waals surface area contributed by atoms with Crippen LogP contribution in [0.1, 0.15) is 12.5 Å². The van der Waals surface area contributed by atoms with E-state index in [1.165, 1.54) is 12.5 Å². The summed E-state index contributed by atoms with van der Waals surface area (Å²) in [5.41, 5.74) is 5.77. The molecule has 0 saturated heterocycles. The number of fused-ring (bicyclic) bond motifs is 1. The molecule has 0 spiro atoms. The zero-order valence-electron chi connectivity index (χ0n) is 15.0. The van der Waals surface area contributed by atoms with E-state index in [1.54, 1.807) is 0 Å². The Hall–Kier alpha value is -3.60. The summed E-state index contributed by atoms with van der Waals surface area (Å²) in [6, 6.07) is 22.2. The molecule has 3 N–H and O–H groups in total. The summed E-state index contributed by atoms with van der Waals surface area (Å²) in [7, 11) is 0. The zero-order valence-corrected chi connectivity index (χ0v) is 15.0. The fraction of sp³-hybridized carbons (Fsp3) is 0.0909. The average molecular weight is 356 g/mol. The molecule has 0 aliphatic carbocycles. The SMILES string of the molecule is CC(=O)Nc1cccc(-c2cc3cc(NCc4ccccc4)cnc3[nH]2)c1. The third kappa shape index (κ3) is 3.98. The molecule has 4 aromatic rings. The molecule has 0 bridgehead atoms. The molecule has 2 aromatic heterocycles. The lowest BCUT2D eigenvalue weighted by Gasteiger charge is -2.05. The molecule has 0 fully saturated rings. The van der Waals surface area contributed by atoms with Gasteiger partial charge in [-0.3, -0.25) is 4.79 Å². The lowest BCUT2D eigenvalue weighted by Crippen LogP contribution is -2.05. The molecular weight excluding hydrogens is 336 g/mol. The van der Waals surface area contributed by atoms with E-state index in [4.69, 9.17) is 0 Å². The predicted molar refractivity (Wildman–Crippen MR) is 110 cm³/mol. The summed E-state index contributed by atoms with van der Waals surface area (Å²) < 4.78 is 0. The second-order valence-corrected chi connectivity index (χ2v) is 6.45. The van der Waals surface area contributed by atoms with Crippen molar-refractivity contribution < 1.29 is 4.79 Å². The van der Waals surface area contributed by atoms with Crippen molar-refractivity contribution in [3.05, 3.63) is 78.5 Å². The number of aromatic nitrogens is 2. The van der Waals surface area contributed by atoms with Gasteiger partial charge in [0.25, 0.3) is 0 Å². The molecule has 134 valence electrons. The van der Waals surface area contributed by atoms with Gasteiger partial charge >= 0.3 is 0 Å². The number of pyridine rings is 1. The van der Waals surface area contributed by atoms with Crippen molar-refractivity contribution in [1.29, 1.82) is 0 Å². The smallest absolute Gasteiger partial charge is 0.221 e. The Bertz CT molecular complexity index is 1090. The van der Waals surface area contributed by atoms with Gasteiger partial charge in [-0.1, -0.05) is 42.5 Å². The molecule has 5 heteroatoms. The minimum atomic E-state index is -0.0837. The molecule has 0 radical (unpaired) electrons. The lowest BCUT2D eigenvalue weighted by atomic mass is 10.1. The van der Waals surface area contributed by atoms with Gasteiger partial charge < -0.3 is 15.6 Å². The summed E-state index contributed by atoms with van der Waals surface area (Å²) in [5, 5.41) is 7.26. The number of hydrogen-bond donors (Lipinski definition) is 3. The Balaban J connectivity index is 1.56. The number of carbonyl (C=O) groups is 1. The Morgan fingerprint density at radius 3 is 2.67 bits per heavy atom. The third-order valence-electron chi connectivity index (χ3n) is 4.30. The van der Waals surface area contributed by atoms with Crippen LogP contribution in [0, 0.1) is 0 Å². The highest BCUT2D eigenvalue weighted by Gasteiger charge is 2.07. The van der Waals surface area contributed by atoms with Crippen LogP contribution in [0.15, 0.2) is 72.9 Å². The zero-order chi connectivity index (χ0) is 18.6. The van der Waals surface area contributed by atoms with Crippen LogP contribution < -0.4 is 10.6 Å². The van der Waals surface area contributed by atoms with Gasteiger partial charge in [-0.15, -0.1) is 0 Å². The first kappa shape index (κ1) is 16.8. The van der Waals surface area contributed by atoms with Crippen molar-refractivity contribution in [2.24, 2.45) is 0 Å². The molecular formula is C22H20N4O. The van der Waals surface area contributed by atoms with Crippen molar-refractivity contribution in [2.45, 2.75) is 13.5 Å². The van der Waals surface area contributed by atoms with Gasteiger partial charge in [-0.05, 0) is 29.8 Å². The number of nitrogens with zero attached hydrogens (tertiary/aromatic N) is 1. The van der Waals surface area contributed by atoms with Gasteiger partial charge in [-0.2, -0.15) is 0 Å². The van der Waals surface area contributed by atoms with E-state index >= 15 is 0 Å². The molecule has 2 aromatic carbocycles. The number of aromatic amines is 1. The second-order valence-electron chi connectivity index (χ2n) is 6.45. The molecule has 5 nitrogen and oxygen atoms in total. The maximum atomic E-state index is 11.3.